The van der Waals surface area contributed by atoms with Gasteiger partial charge in [0.2, 0.25) is 6.79 Å². The van der Waals surface area contributed by atoms with E-state index < -0.39 is 0 Å². The Balaban J connectivity index is 1.12. The van der Waals surface area contributed by atoms with Gasteiger partial charge in [-0.05, 0) is 117 Å². The van der Waals surface area contributed by atoms with Gasteiger partial charge < -0.3 is 29.3 Å². The zero-order chi connectivity index (χ0) is 30.9. The summed E-state index contributed by atoms with van der Waals surface area (Å²) in [6.07, 6.45) is 4.55. The van der Waals surface area contributed by atoms with Crippen molar-refractivity contribution in [3.8, 4) is 34.1 Å². The van der Waals surface area contributed by atoms with Crippen LogP contribution in [0.15, 0.2) is 97.1 Å². The van der Waals surface area contributed by atoms with Gasteiger partial charge in [0.05, 0.1) is 11.1 Å². The largest absolute Gasteiger partial charge is 0.457 e. The number of aromatic nitrogens is 1. The highest BCUT2D eigenvalue weighted by atomic mass is 16.7. The number of carbonyl (C=O) groups is 1. The minimum Gasteiger partial charge on any atom is -0.457 e. The number of nitrogens with one attached hydrogen (secondary N) is 1. The lowest BCUT2D eigenvalue weighted by Crippen LogP contribution is -2.42. The van der Waals surface area contributed by atoms with Crippen LogP contribution in [0.3, 0.4) is 0 Å². The molecule has 1 atom stereocenters. The van der Waals surface area contributed by atoms with Crippen molar-refractivity contribution >= 4 is 28.3 Å². The normalized spacial score (nSPS) is 17.5. The molecule has 8 rings (SSSR count). The Labute approximate surface area is 268 Å². The third-order valence-corrected chi connectivity index (χ3v) is 9.16. The van der Waals surface area contributed by atoms with E-state index in [1.807, 2.05) is 91.0 Å². The molecule has 1 N–H and O–H groups in total. The molecule has 8 nitrogen and oxygen atoms in total. The molecule has 5 aromatic rings. The zero-order valence-electron chi connectivity index (χ0n) is 25.7. The molecule has 3 aliphatic heterocycles. The van der Waals surface area contributed by atoms with E-state index >= 15 is 0 Å². The fraction of sp³-hybridized carbons (Fsp3) is 0.263. The second-order valence-corrected chi connectivity index (χ2v) is 12.2. The monoisotopic (exact) mass is 612 g/mol. The first-order valence-corrected chi connectivity index (χ1v) is 16.1. The second kappa shape index (κ2) is 12.4. The van der Waals surface area contributed by atoms with Crippen LogP contribution in [0.5, 0.6) is 23.0 Å². The average Bonchev–Trinajstić information content (AvgIpc) is 3.88. The van der Waals surface area contributed by atoms with E-state index in [2.05, 4.69) is 21.2 Å². The summed E-state index contributed by atoms with van der Waals surface area (Å²) in [5.74, 6) is 3.69. The molecule has 232 valence electrons. The van der Waals surface area contributed by atoms with Gasteiger partial charge in [0, 0.05) is 30.2 Å². The number of hydrogen-bond acceptors (Lipinski definition) is 7. The lowest BCUT2D eigenvalue weighted by atomic mass is 9.99. The predicted octanol–water partition coefficient (Wildman–Crippen LogP) is 7.87. The number of ether oxygens (including phenoxy) is 3. The Morgan fingerprint density at radius 1 is 0.804 bits per heavy atom. The van der Waals surface area contributed by atoms with Gasteiger partial charge in [0.15, 0.2) is 11.5 Å². The molecule has 0 radical (unpaired) electrons. The van der Waals surface area contributed by atoms with Gasteiger partial charge in [-0.15, -0.1) is 0 Å². The Morgan fingerprint density at radius 3 is 2.41 bits per heavy atom. The van der Waals surface area contributed by atoms with Crippen LogP contribution in [0.4, 0.5) is 11.5 Å². The van der Waals surface area contributed by atoms with Gasteiger partial charge in [0.1, 0.15) is 17.3 Å². The van der Waals surface area contributed by atoms with Crippen molar-refractivity contribution in [1.82, 2.24) is 14.8 Å². The number of benzene rings is 4. The molecular weight excluding hydrogens is 576 g/mol. The van der Waals surface area contributed by atoms with Crippen molar-refractivity contribution in [1.29, 1.82) is 0 Å². The van der Waals surface area contributed by atoms with Crippen molar-refractivity contribution in [2.45, 2.75) is 31.7 Å². The van der Waals surface area contributed by atoms with E-state index in [0.29, 0.717) is 11.4 Å². The molecule has 0 bridgehead atoms. The molecule has 1 amide bonds. The number of fused-ring (bicyclic) bond motifs is 2. The number of amides is 1. The molecule has 0 saturated carbocycles. The predicted molar refractivity (Wildman–Crippen MR) is 179 cm³/mol. The van der Waals surface area contributed by atoms with E-state index in [4.69, 9.17) is 19.2 Å². The molecule has 0 spiro atoms. The van der Waals surface area contributed by atoms with Gasteiger partial charge in [-0.3, -0.25) is 4.79 Å². The summed E-state index contributed by atoms with van der Waals surface area (Å²) in [5.41, 5.74) is 4.27. The first-order valence-electron chi connectivity index (χ1n) is 16.1. The molecule has 0 aliphatic carbocycles. The molecule has 3 aliphatic rings. The number of nitrogens with zero attached hydrogens (tertiary/aromatic N) is 3. The van der Waals surface area contributed by atoms with Crippen LogP contribution in [0.25, 0.3) is 22.0 Å². The van der Waals surface area contributed by atoms with Crippen molar-refractivity contribution in [3.05, 3.63) is 103 Å². The molecule has 2 fully saturated rings. The van der Waals surface area contributed by atoms with Gasteiger partial charge in [-0.25, -0.2) is 4.98 Å². The van der Waals surface area contributed by atoms with Crippen LogP contribution in [0.2, 0.25) is 0 Å². The molecule has 4 aromatic carbocycles. The van der Waals surface area contributed by atoms with Gasteiger partial charge in [0.25, 0.3) is 5.91 Å². The van der Waals surface area contributed by atoms with E-state index in [1.54, 1.807) is 0 Å². The first-order chi connectivity index (χ1) is 22.7. The van der Waals surface area contributed by atoms with E-state index in [1.165, 1.54) is 12.8 Å². The van der Waals surface area contributed by atoms with Gasteiger partial charge in [-0.2, -0.15) is 0 Å². The maximum Gasteiger partial charge on any atom is 0.254 e. The number of para-hydroxylation sites is 1. The summed E-state index contributed by atoms with van der Waals surface area (Å²) in [5, 5.41) is 4.28. The standard InChI is InChI=1S/C38H36N4O4/c43-38(42-20-6-7-29(42)24-41-18-4-5-19-41)33-23-37(39-28-12-14-31(15-13-28)46-30-8-2-1-3-9-30)40-34-16-10-26(21-32(33)34)27-11-17-35-36(22-27)45-25-44-35/h1-3,8-17,21-23,29H,4-7,18-20,24-25H2,(H,39,40)/t29-/m0/s1. The molecule has 46 heavy (non-hydrogen) atoms. The first kappa shape index (κ1) is 28.4. The Hall–Kier alpha value is -5.08. The number of hydrogen-bond donors (Lipinski definition) is 1. The fourth-order valence-electron chi connectivity index (χ4n) is 6.81. The summed E-state index contributed by atoms with van der Waals surface area (Å²) >= 11 is 0. The molecule has 1 aromatic heterocycles. The molecule has 4 heterocycles. The lowest BCUT2D eigenvalue weighted by molar-refractivity contribution is 0.0710. The van der Waals surface area contributed by atoms with Crippen molar-refractivity contribution in [2.24, 2.45) is 0 Å². The van der Waals surface area contributed by atoms with Crippen molar-refractivity contribution < 1.29 is 19.0 Å². The summed E-state index contributed by atoms with van der Waals surface area (Å²) < 4.78 is 17.1. The highest BCUT2D eigenvalue weighted by Crippen LogP contribution is 2.37. The zero-order valence-corrected chi connectivity index (χ0v) is 25.7. The number of carbonyl (C=O) groups excluding carboxylic acids is 1. The van der Waals surface area contributed by atoms with Crippen molar-refractivity contribution in [3.63, 3.8) is 0 Å². The quantitative estimate of drug-likeness (QED) is 0.191. The number of anilines is 2. The van der Waals surface area contributed by atoms with E-state index in [0.717, 1.165) is 89.7 Å². The number of likely N-dealkylation sites (tertiary alicyclic amines) is 2. The van der Waals surface area contributed by atoms with Gasteiger partial charge in [-0.1, -0.05) is 30.3 Å². The highest BCUT2D eigenvalue weighted by molar-refractivity contribution is 6.08. The van der Waals surface area contributed by atoms with Gasteiger partial charge >= 0.3 is 0 Å². The summed E-state index contributed by atoms with van der Waals surface area (Å²) in [4.78, 5) is 24.0. The van der Waals surface area contributed by atoms with Crippen LogP contribution in [0.1, 0.15) is 36.0 Å². The van der Waals surface area contributed by atoms with Crippen LogP contribution in [-0.2, 0) is 0 Å². The Morgan fingerprint density at radius 2 is 1.57 bits per heavy atom. The van der Waals surface area contributed by atoms with Crippen LogP contribution < -0.4 is 19.5 Å². The average molecular weight is 613 g/mol. The Bertz CT molecular complexity index is 1870. The summed E-state index contributed by atoms with van der Waals surface area (Å²) in [7, 11) is 0. The molecule has 0 unspecified atom stereocenters. The Kier molecular flexibility index (Phi) is 7.64. The maximum absolute atomic E-state index is 14.5. The smallest absolute Gasteiger partial charge is 0.254 e. The number of rotatable bonds is 8. The minimum atomic E-state index is 0.0617. The second-order valence-electron chi connectivity index (χ2n) is 12.2. The highest BCUT2D eigenvalue weighted by Gasteiger charge is 2.32. The third-order valence-electron chi connectivity index (χ3n) is 9.16. The molecule has 8 heteroatoms. The SMILES string of the molecule is O=C(c1cc(Nc2ccc(Oc3ccccc3)cc2)nc2ccc(-c3ccc4c(c3)OCO4)cc12)N1CCC[C@H]1CN1CCCC1. The molecular formula is C38H36N4O4. The van der Waals surface area contributed by atoms with Crippen molar-refractivity contribution in [2.75, 3.05) is 38.3 Å². The lowest BCUT2D eigenvalue weighted by Gasteiger charge is -2.29. The topological polar surface area (TPSA) is 76.2 Å². The van der Waals surface area contributed by atoms with Crippen LogP contribution in [0, 0.1) is 0 Å². The third kappa shape index (κ3) is 5.84. The minimum absolute atomic E-state index is 0.0617. The molecule has 2 saturated heterocycles. The summed E-state index contributed by atoms with van der Waals surface area (Å²) in [6.45, 7) is 4.19. The van der Waals surface area contributed by atoms with Crippen LogP contribution in [-0.4, -0.2) is 59.7 Å². The maximum atomic E-state index is 14.5. The number of pyridine rings is 1. The van der Waals surface area contributed by atoms with E-state index in [9.17, 15) is 4.79 Å². The van der Waals surface area contributed by atoms with Crippen LogP contribution >= 0.6 is 0 Å². The van der Waals surface area contributed by atoms with E-state index in [-0.39, 0.29) is 18.7 Å². The fourth-order valence-corrected chi connectivity index (χ4v) is 6.81. The summed E-state index contributed by atoms with van der Waals surface area (Å²) in [6, 6.07) is 31.7.